The average Bonchev–Trinajstić information content (AvgIpc) is 3.78. The number of fused-ring (bicyclic) bond motifs is 2. The number of amides is 3. The van der Waals surface area contributed by atoms with Gasteiger partial charge >= 0.3 is 0 Å². The second-order valence-corrected chi connectivity index (χ2v) is 17.1. The lowest BCUT2D eigenvalue weighted by Crippen LogP contribution is -2.52. The van der Waals surface area contributed by atoms with Crippen LogP contribution in [-0.2, 0) is 16.1 Å². The summed E-state index contributed by atoms with van der Waals surface area (Å²) in [7, 11) is 0. The van der Waals surface area contributed by atoms with E-state index in [-0.39, 0.29) is 41.5 Å². The van der Waals surface area contributed by atoms with Crippen LogP contribution >= 0.6 is 11.3 Å². The molecule has 3 amide bonds. The predicted octanol–water partition coefficient (Wildman–Crippen LogP) is 7.22. The van der Waals surface area contributed by atoms with Gasteiger partial charge in [0.1, 0.15) is 17.6 Å². The van der Waals surface area contributed by atoms with Gasteiger partial charge in [0.2, 0.25) is 11.8 Å². The fraction of sp³-hybridized carbons (Fsp3) is 0.348. The van der Waals surface area contributed by atoms with Crippen molar-refractivity contribution < 1.29 is 28.7 Å². The quantitative estimate of drug-likeness (QED) is 0.113. The summed E-state index contributed by atoms with van der Waals surface area (Å²) < 4.78 is 14.5. The van der Waals surface area contributed by atoms with E-state index in [0.29, 0.717) is 35.6 Å². The van der Waals surface area contributed by atoms with Gasteiger partial charge in [-0.1, -0.05) is 12.1 Å². The zero-order valence-corrected chi connectivity index (χ0v) is 33.1. The largest absolute Gasteiger partial charge is 0.508 e. The Hall–Kier alpha value is -5.59. The Morgan fingerprint density at radius 1 is 0.810 bits per heavy atom. The summed E-state index contributed by atoms with van der Waals surface area (Å²) in [6.45, 7) is 7.31. The lowest BCUT2D eigenvalue weighted by Gasteiger charge is -2.37. The number of benzene rings is 4. The number of carbonyl (C=O) groups excluding carboxylic acids is 4. The molecule has 12 heteroatoms. The van der Waals surface area contributed by atoms with E-state index in [9.17, 15) is 28.7 Å². The highest BCUT2D eigenvalue weighted by Crippen LogP contribution is 2.41. The molecule has 10 nitrogen and oxygen atoms in total. The first-order chi connectivity index (χ1) is 28.2. The lowest BCUT2D eigenvalue weighted by atomic mass is 9.91. The van der Waals surface area contributed by atoms with Gasteiger partial charge in [-0.2, -0.15) is 0 Å². The molecule has 5 aromatic rings. The van der Waals surface area contributed by atoms with Crippen LogP contribution in [0.1, 0.15) is 70.4 Å². The minimum Gasteiger partial charge on any atom is -0.508 e. The lowest BCUT2D eigenvalue weighted by molar-refractivity contribution is -0.136. The maximum atomic E-state index is 14.0. The minimum atomic E-state index is -0.597. The van der Waals surface area contributed by atoms with E-state index < -0.39 is 6.04 Å². The first kappa shape index (κ1) is 38.0. The molecule has 58 heavy (non-hydrogen) atoms. The number of halogens is 1. The van der Waals surface area contributed by atoms with Crippen LogP contribution in [0.2, 0.25) is 0 Å². The van der Waals surface area contributed by atoms with Gasteiger partial charge in [-0.05, 0) is 128 Å². The van der Waals surface area contributed by atoms with Gasteiger partial charge in [-0.15, -0.1) is 11.3 Å². The summed E-state index contributed by atoms with van der Waals surface area (Å²) in [5.74, 6) is -0.390. The Bertz CT molecular complexity index is 2380. The smallest absolute Gasteiger partial charge is 0.255 e. The van der Waals surface area contributed by atoms with Gasteiger partial charge in [-0.3, -0.25) is 29.4 Å². The maximum absolute atomic E-state index is 14.0. The van der Waals surface area contributed by atoms with Crippen LogP contribution in [0, 0.1) is 11.7 Å². The SMILES string of the molecule is O=C1CCC(N2Cc3cc(N4CCC(CCCN5CCN(c6ccc(C(=O)c7c(-c8ccc(F)cc8)sc8cc(O)ccc78)cc6)CC5)CC4)ccc3C2=O)C(=O)N1. The van der Waals surface area contributed by atoms with E-state index in [4.69, 9.17) is 0 Å². The molecule has 9 rings (SSSR count). The third-order valence-electron chi connectivity index (χ3n) is 12.4. The van der Waals surface area contributed by atoms with Crippen molar-refractivity contribution in [2.24, 2.45) is 5.92 Å². The number of phenolic OH excluding ortho intramolecular Hbond substituents is 1. The second kappa shape index (κ2) is 16.0. The van der Waals surface area contributed by atoms with E-state index in [1.165, 1.54) is 36.3 Å². The predicted molar refractivity (Wildman–Crippen MR) is 224 cm³/mol. The summed E-state index contributed by atoms with van der Waals surface area (Å²) >= 11 is 1.42. The molecule has 0 spiro atoms. The molecule has 298 valence electrons. The number of ketones is 1. The fourth-order valence-electron chi connectivity index (χ4n) is 9.15. The maximum Gasteiger partial charge on any atom is 0.255 e. The van der Waals surface area contributed by atoms with Crippen molar-refractivity contribution in [2.75, 3.05) is 55.6 Å². The van der Waals surface area contributed by atoms with E-state index in [2.05, 4.69) is 26.1 Å². The number of hydrogen-bond donors (Lipinski definition) is 2. The van der Waals surface area contributed by atoms with Gasteiger partial charge in [0.15, 0.2) is 5.78 Å². The van der Waals surface area contributed by atoms with Crippen molar-refractivity contribution in [3.63, 3.8) is 0 Å². The third kappa shape index (κ3) is 7.58. The first-order valence-electron chi connectivity index (χ1n) is 20.3. The molecule has 0 aliphatic carbocycles. The molecular weight excluding hydrogens is 754 g/mol. The summed E-state index contributed by atoms with van der Waals surface area (Å²) in [5.41, 5.74) is 5.75. The standard InChI is InChI=1S/C46H46FN5O5S/c47-33-7-3-31(4-8-33)44-42(38-14-12-36(53)27-40(38)58-44)43(55)30-5-9-34(10-6-30)51-24-22-49(23-25-51)19-1-2-29-17-20-50(21-18-29)35-11-13-37-32(26-35)28-52(46(37)57)39-15-16-41(54)48-45(39)56/h3-14,26-27,29,39,53H,1-2,15-25,28H2,(H,48,54,56). The molecule has 4 aliphatic rings. The van der Waals surface area contributed by atoms with E-state index >= 15 is 0 Å². The van der Waals surface area contributed by atoms with Gasteiger partial charge in [0.05, 0.1) is 0 Å². The molecule has 0 saturated carbocycles. The van der Waals surface area contributed by atoms with Crippen molar-refractivity contribution in [3.8, 4) is 16.2 Å². The van der Waals surface area contributed by atoms with Crippen LogP contribution in [-0.4, -0.2) is 90.3 Å². The summed E-state index contributed by atoms with van der Waals surface area (Å²) in [6.07, 6.45) is 5.30. The van der Waals surface area contributed by atoms with Crippen molar-refractivity contribution in [2.45, 2.75) is 51.1 Å². The fourth-order valence-corrected chi connectivity index (χ4v) is 10.4. The number of nitrogens with one attached hydrogen (secondary N) is 1. The van der Waals surface area contributed by atoms with Crippen LogP contribution in [0.25, 0.3) is 20.5 Å². The zero-order chi connectivity index (χ0) is 39.9. The number of rotatable bonds is 10. The number of aromatic hydroxyl groups is 1. The number of piperazine rings is 1. The molecule has 3 saturated heterocycles. The van der Waals surface area contributed by atoms with Crippen molar-refractivity contribution in [1.82, 2.24) is 15.1 Å². The Labute approximate surface area is 340 Å². The van der Waals surface area contributed by atoms with Crippen LogP contribution in [0.5, 0.6) is 5.75 Å². The number of hydrogen-bond acceptors (Lipinski definition) is 9. The number of phenols is 1. The molecule has 3 fully saturated rings. The normalized spacial score (nSPS) is 19.2. The first-order valence-corrected chi connectivity index (χ1v) is 21.2. The Morgan fingerprint density at radius 3 is 2.28 bits per heavy atom. The van der Waals surface area contributed by atoms with Crippen LogP contribution in [0.15, 0.2) is 84.9 Å². The monoisotopic (exact) mass is 799 g/mol. The third-order valence-corrected chi connectivity index (χ3v) is 13.6. The number of thiophene rings is 1. The molecule has 1 unspecified atom stereocenters. The number of anilines is 2. The molecule has 0 radical (unpaired) electrons. The van der Waals surface area contributed by atoms with Gasteiger partial charge < -0.3 is 19.8 Å². The highest BCUT2D eigenvalue weighted by atomic mass is 32.1. The topological polar surface area (TPSA) is 114 Å². The minimum absolute atomic E-state index is 0.0979. The van der Waals surface area contributed by atoms with Crippen molar-refractivity contribution in [3.05, 3.63) is 113 Å². The summed E-state index contributed by atoms with van der Waals surface area (Å²) in [4.78, 5) is 60.9. The molecule has 1 atom stereocenters. The van der Waals surface area contributed by atoms with E-state index in [1.54, 1.807) is 35.2 Å². The molecule has 1 aromatic heterocycles. The highest BCUT2D eigenvalue weighted by Gasteiger charge is 2.39. The molecule has 2 N–H and O–H groups in total. The number of nitrogens with zero attached hydrogens (tertiary/aromatic N) is 4. The zero-order valence-electron chi connectivity index (χ0n) is 32.3. The van der Waals surface area contributed by atoms with Crippen molar-refractivity contribution in [1.29, 1.82) is 0 Å². The van der Waals surface area contributed by atoms with Gasteiger partial charge in [0, 0.05) is 95.3 Å². The van der Waals surface area contributed by atoms with Crippen LogP contribution < -0.4 is 15.1 Å². The number of carbonyl (C=O) groups is 4. The van der Waals surface area contributed by atoms with Crippen LogP contribution in [0.3, 0.4) is 0 Å². The number of piperidine rings is 2. The van der Waals surface area contributed by atoms with Gasteiger partial charge in [0.25, 0.3) is 5.91 Å². The summed E-state index contributed by atoms with van der Waals surface area (Å²) in [6, 6.07) is 24.5. The summed E-state index contributed by atoms with van der Waals surface area (Å²) in [5, 5.41) is 13.3. The molecule has 4 aromatic carbocycles. The molecule has 4 aliphatic heterocycles. The Kier molecular flexibility index (Phi) is 10.5. The van der Waals surface area contributed by atoms with E-state index in [1.807, 2.05) is 36.4 Å². The highest BCUT2D eigenvalue weighted by molar-refractivity contribution is 7.22. The van der Waals surface area contributed by atoms with E-state index in [0.717, 1.165) is 96.1 Å². The van der Waals surface area contributed by atoms with Crippen molar-refractivity contribution >= 4 is 56.3 Å². The molecular formula is C46H46FN5O5S. The molecule has 0 bridgehead atoms. The second-order valence-electron chi connectivity index (χ2n) is 16.0. The molecule has 5 heterocycles. The number of imide groups is 1. The Morgan fingerprint density at radius 2 is 1.53 bits per heavy atom. The van der Waals surface area contributed by atoms with Crippen LogP contribution in [0.4, 0.5) is 15.8 Å². The van der Waals surface area contributed by atoms with Gasteiger partial charge in [-0.25, -0.2) is 4.39 Å². The Balaban J connectivity index is 0.737. The average molecular weight is 800 g/mol.